The van der Waals surface area contributed by atoms with Crippen LogP contribution in [0.2, 0.25) is 0 Å². The van der Waals surface area contributed by atoms with Crippen LogP contribution in [0, 0.1) is 16.0 Å². The number of nitro benzene ring substituents is 1. The summed E-state index contributed by atoms with van der Waals surface area (Å²) in [6.45, 7) is 2.16. The second-order valence-corrected chi connectivity index (χ2v) is 5.38. The molecule has 2 aliphatic heterocycles. The molecule has 104 valence electrons. The van der Waals surface area contributed by atoms with Crippen molar-refractivity contribution in [2.24, 2.45) is 5.92 Å². The number of hydrogen-bond acceptors (Lipinski definition) is 4. The number of likely N-dealkylation sites (N-methyl/N-ethyl adjacent to an activating group) is 1. The lowest BCUT2D eigenvalue weighted by Crippen LogP contribution is -2.65. The van der Waals surface area contributed by atoms with Crippen LogP contribution in [0.4, 0.5) is 5.69 Å². The number of benzene rings is 1. The first kappa shape index (κ1) is 12.8. The van der Waals surface area contributed by atoms with Gasteiger partial charge in [-0.05, 0) is 25.3 Å². The van der Waals surface area contributed by atoms with Gasteiger partial charge in [0.2, 0.25) is 11.8 Å². The molecule has 2 heterocycles. The summed E-state index contributed by atoms with van der Waals surface area (Å²) in [6.07, 6.45) is 1.05. The normalized spacial score (nSPS) is 28.2. The fourth-order valence-corrected chi connectivity index (χ4v) is 3.27. The van der Waals surface area contributed by atoms with Gasteiger partial charge in [-0.1, -0.05) is 12.1 Å². The second kappa shape index (κ2) is 4.13. The van der Waals surface area contributed by atoms with Crippen LogP contribution >= 0.6 is 0 Å². The third kappa shape index (κ3) is 1.51. The van der Waals surface area contributed by atoms with Gasteiger partial charge in [0.25, 0.3) is 5.69 Å². The van der Waals surface area contributed by atoms with Gasteiger partial charge >= 0.3 is 0 Å². The van der Waals surface area contributed by atoms with E-state index in [9.17, 15) is 19.7 Å². The van der Waals surface area contributed by atoms with Gasteiger partial charge in [0.1, 0.15) is 0 Å². The van der Waals surface area contributed by atoms with Crippen LogP contribution in [0.5, 0.6) is 0 Å². The lowest BCUT2D eigenvalue weighted by Gasteiger charge is -2.53. The Hall–Kier alpha value is -2.24. The Morgan fingerprint density at radius 3 is 2.40 bits per heavy atom. The van der Waals surface area contributed by atoms with E-state index in [1.807, 2.05) is 0 Å². The van der Waals surface area contributed by atoms with E-state index in [0.29, 0.717) is 19.4 Å². The number of imide groups is 1. The maximum absolute atomic E-state index is 12.5. The van der Waals surface area contributed by atoms with Gasteiger partial charge in [-0.25, -0.2) is 0 Å². The minimum atomic E-state index is -0.649. The average Bonchev–Trinajstić information content (AvgIpc) is 2.38. The molecule has 0 N–H and O–H groups in total. The van der Waals surface area contributed by atoms with Crippen molar-refractivity contribution >= 4 is 17.5 Å². The third-order valence-corrected chi connectivity index (χ3v) is 4.41. The van der Waals surface area contributed by atoms with E-state index >= 15 is 0 Å². The molecule has 1 aromatic carbocycles. The summed E-state index contributed by atoms with van der Waals surface area (Å²) < 4.78 is 0. The van der Waals surface area contributed by atoms with E-state index < -0.39 is 10.3 Å². The molecule has 3 fully saturated rings. The van der Waals surface area contributed by atoms with Crippen molar-refractivity contribution in [3.63, 3.8) is 0 Å². The summed E-state index contributed by atoms with van der Waals surface area (Å²) >= 11 is 0. The zero-order valence-corrected chi connectivity index (χ0v) is 11.0. The minimum Gasteiger partial charge on any atom is -0.282 e. The topological polar surface area (TPSA) is 80.5 Å². The number of nitro groups is 1. The van der Waals surface area contributed by atoms with E-state index in [1.165, 1.54) is 17.0 Å². The lowest BCUT2D eigenvalue weighted by molar-refractivity contribution is -0.384. The Balaban J connectivity index is 1.96. The monoisotopic (exact) mass is 274 g/mol. The Bertz CT molecular complexity index is 602. The molecule has 0 aromatic heterocycles. The molecule has 0 atom stereocenters. The first-order chi connectivity index (χ1) is 9.49. The van der Waals surface area contributed by atoms with Gasteiger partial charge in [0, 0.05) is 24.6 Å². The Kier molecular flexibility index (Phi) is 2.64. The summed E-state index contributed by atoms with van der Waals surface area (Å²) in [5.41, 5.74) is 0.131. The number of non-ortho nitro benzene ring substituents is 1. The summed E-state index contributed by atoms with van der Waals surface area (Å²) in [6, 6.07) is 6.10. The summed E-state index contributed by atoms with van der Waals surface area (Å²) in [5, 5.41) is 10.7. The molecule has 0 spiro atoms. The van der Waals surface area contributed by atoms with Gasteiger partial charge in [-0.3, -0.25) is 24.6 Å². The number of amides is 2. The molecule has 1 saturated carbocycles. The standard InChI is InChI=1S/C14H14N2O4/c1-2-15-12(17)9-7-14(8-9,13(15)18)10-3-5-11(6-4-10)16(19)20/h3-6,9H,2,7-8H2,1H3. The summed E-state index contributed by atoms with van der Waals surface area (Å²) in [7, 11) is 0. The molecule has 6 heteroatoms. The average molecular weight is 274 g/mol. The van der Waals surface area contributed by atoms with Crippen LogP contribution in [0.15, 0.2) is 24.3 Å². The predicted molar refractivity (Wildman–Crippen MR) is 69.9 cm³/mol. The molecule has 1 aromatic rings. The van der Waals surface area contributed by atoms with Gasteiger partial charge in [0.05, 0.1) is 10.3 Å². The molecule has 0 radical (unpaired) electrons. The Morgan fingerprint density at radius 2 is 1.90 bits per heavy atom. The van der Waals surface area contributed by atoms with E-state index in [-0.39, 0.29) is 23.4 Å². The number of fused-ring (bicyclic) bond motifs is 2. The Morgan fingerprint density at radius 1 is 1.30 bits per heavy atom. The first-order valence-electron chi connectivity index (χ1n) is 6.60. The van der Waals surface area contributed by atoms with Crippen molar-refractivity contribution in [1.29, 1.82) is 0 Å². The molecule has 2 bridgehead atoms. The molecule has 20 heavy (non-hydrogen) atoms. The molecule has 6 nitrogen and oxygen atoms in total. The molecule has 2 amide bonds. The van der Waals surface area contributed by atoms with Crippen molar-refractivity contribution in [3.8, 4) is 0 Å². The summed E-state index contributed by atoms with van der Waals surface area (Å²) in [4.78, 5) is 36.0. The van der Waals surface area contributed by atoms with E-state index in [4.69, 9.17) is 0 Å². The summed E-state index contributed by atoms with van der Waals surface area (Å²) in [5.74, 6) is -0.328. The van der Waals surface area contributed by atoms with Crippen LogP contribution in [-0.2, 0) is 15.0 Å². The molecule has 3 aliphatic rings. The van der Waals surface area contributed by atoms with Crippen LogP contribution < -0.4 is 0 Å². The lowest BCUT2D eigenvalue weighted by atomic mass is 9.55. The zero-order valence-electron chi connectivity index (χ0n) is 11.0. The second-order valence-electron chi connectivity index (χ2n) is 5.38. The number of hydrogen-bond donors (Lipinski definition) is 0. The number of carbonyl (C=O) groups excluding carboxylic acids is 2. The van der Waals surface area contributed by atoms with Crippen LogP contribution in [0.3, 0.4) is 0 Å². The van der Waals surface area contributed by atoms with E-state index in [0.717, 1.165) is 5.56 Å². The van der Waals surface area contributed by atoms with Crippen molar-refractivity contribution in [2.45, 2.75) is 25.2 Å². The van der Waals surface area contributed by atoms with Gasteiger partial charge in [0.15, 0.2) is 0 Å². The van der Waals surface area contributed by atoms with Crippen molar-refractivity contribution in [1.82, 2.24) is 4.90 Å². The van der Waals surface area contributed by atoms with Gasteiger partial charge in [-0.2, -0.15) is 0 Å². The predicted octanol–water partition coefficient (Wildman–Crippen LogP) is 1.63. The molecular formula is C14H14N2O4. The van der Waals surface area contributed by atoms with Gasteiger partial charge in [-0.15, -0.1) is 0 Å². The highest BCUT2D eigenvalue weighted by molar-refractivity contribution is 6.07. The molecule has 1 aliphatic carbocycles. The van der Waals surface area contributed by atoms with Crippen LogP contribution in [-0.4, -0.2) is 28.2 Å². The quantitative estimate of drug-likeness (QED) is 0.476. The fourth-order valence-electron chi connectivity index (χ4n) is 3.27. The van der Waals surface area contributed by atoms with E-state index in [1.54, 1.807) is 19.1 Å². The molecule has 4 rings (SSSR count). The van der Waals surface area contributed by atoms with E-state index in [2.05, 4.69) is 0 Å². The molecule has 0 unspecified atom stereocenters. The maximum Gasteiger partial charge on any atom is 0.269 e. The number of rotatable bonds is 3. The highest BCUT2D eigenvalue weighted by Crippen LogP contribution is 2.53. The largest absolute Gasteiger partial charge is 0.282 e. The highest BCUT2D eigenvalue weighted by Gasteiger charge is 2.61. The zero-order chi connectivity index (χ0) is 14.5. The highest BCUT2D eigenvalue weighted by atomic mass is 16.6. The Labute approximate surface area is 115 Å². The smallest absolute Gasteiger partial charge is 0.269 e. The van der Waals surface area contributed by atoms with Crippen molar-refractivity contribution in [3.05, 3.63) is 39.9 Å². The number of nitrogens with zero attached hydrogens (tertiary/aromatic N) is 2. The number of carbonyl (C=O) groups is 2. The number of piperidine rings is 2. The SMILES string of the molecule is CCN1C(=O)C2CC(c3ccc([N+](=O)[O-])cc3)(C2)C1=O. The minimum absolute atomic E-state index is 0.00714. The first-order valence-corrected chi connectivity index (χ1v) is 6.60. The van der Waals surface area contributed by atoms with Crippen molar-refractivity contribution < 1.29 is 14.5 Å². The molecular weight excluding hydrogens is 260 g/mol. The van der Waals surface area contributed by atoms with Crippen LogP contribution in [0.25, 0.3) is 0 Å². The third-order valence-electron chi connectivity index (χ3n) is 4.41. The molecule has 2 saturated heterocycles. The van der Waals surface area contributed by atoms with Crippen LogP contribution in [0.1, 0.15) is 25.3 Å². The van der Waals surface area contributed by atoms with Crippen molar-refractivity contribution in [2.75, 3.05) is 6.54 Å². The van der Waals surface area contributed by atoms with Gasteiger partial charge < -0.3 is 0 Å². The maximum atomic E-state index is 12.5. The fraction of sp³-hybridized carbons (Fsp3) is 0.429.